The molecule has 2 unspecified atom stereocenters. The lowest BCUT2D eigenvalue weighted by atomic mass is 9.82. The third-order valence-electron chi connectivity index (χ3n) is 7.60. The van der Waals surface area contributed by atoms with Crippen molar-refractivity contribution in [2.45, 2.75) is 25.9 Å². The predicted octanol–water partition coefficient (Wildman–Crippen LogP) is 7.01. The zero-order valence-electron chi connectivity index (χ0n) is 25.7. The topological polar surface area (TPSA) is 111 Å². The highest BCUT2D eigenvalue weighted by atomic mass is 16.5. The van der Waals surface area contributed by atoms with Crippen molar-refractivity contribution in [3.63, 3.8) is 0 Å². The normalized spacial score (nSPS) is 13.0. The monoisotopic (exact) mass is 614 g/mol. The summed E-state index contributed by atoms with van der Waals surface area (Å²) in [6.07, 6.45) is 0. The van der Waals surface area contributed by atoms with Gasteiger partial charge in [0.25, 0.3) is 0 Å². The van der Waals surface area contributed by atoms with Crippen LogP contribution < -0.4 is 10.6 Å². The van der Waals surface area contributed by atoms with Crippen LogP contribution in [0.2, 0.25) is 0 Å². The Balaban J connectivity index is 1.59. The van der Waals surface area contributed by atoms with Gasteiger partial charge in [0.15, 0.2) is 11.6 Å². The van der Waals surface area contributed by atoms with Gasteiger partial charge in [-0.1, -0.05) is 98.1 Å². The third-order valence-corrected chi connectivity index (χ3v) is 7.60. The summed E-state index contributed by atoms with van der Waals surface area (Å²) >= 11 is 0. The highest BCUT2D eigenvalue weighted by Gasteiger charge is 2.35. The van der Waals surface area contributed by atoms with Crippen LogP contribution >= 0.6 is 0 Å². The number of benzene rings is 4. The van der Waals surface area contributed by atoms with Gasteiger partial charge in [0.2, 0.25) is 0 Å². The molecule has 232 valence electrons. The average molecular weight is 615 g/mol. The molecule has 0 saturated carbocycles. The zero-order valence-corrected chi connectivity index (χ0v) is 25.7. The molecule has 2 atom stereocenters. The minimum absolute atomic E-state index is 0.0482. The van der Waals surface area contributed by atoms with Gasteiger partial charge in [-0.3, -0.25) is 9.59 Å². The zero-order chi connectivity index (χ0) is 32.8. The van der Waals surface area contributed by atoms with Crippen LogP contribution in [0.5, 0.6) is 0 Å². The van der Waals surface area contributed by atoms with Crippen molar-refractivity contribution >= 4 is 34.9 Å². The number of ketones is 2. The molecular weight excluding hydrogens is 580 g/mol. The smallest absolute Gasteiger partial charge is 0.333 e. The van der Waals surface area contributed by atoms with Crippen LogP contribution in [0.4, 0.5) is 11.4 Å². The largest absolute Gasteiger partial charge is 0.460 e. The Morgan fingerprint density at radius 2 is 0.935 bits per heavy atom. The van der Waals surface area contributed by atoms with Gasteiger partial charge < -0.3 is 20.1 Å². The van der Waals surface area contributed by atoms with E-state index in [1.165, 1.54) is 0 Å². The van der Waals surface area contributed by atoms with E-state index in [1.807, 2.05) is 60.7 Å². The standard InChI is InChI=1S/C38H34N2O6/c1-23(2)37(43)45-21-31(25-13-7-5-8-14-25)39-29-19-20-30(34-33(29)35(41)27-17-11-12-18-28(27)36(34)42)40-32(22-46-38(44)24(3)4)26-15-9-6-10-16-26/h5-20,31-32,39-40H,1,3,21-22H2,2,4H3. The lowest BCUT2D eigenvalue weighted by molar-refractivity contribution is -0.140. The lowest BCUT2D eigenvalue weighted by Crippen LogP contribution is -2.27. The Morgan fingerprint density at radius 3 is 1.28 bits per heavy atom. The fourth-order valence-electron chi connectivity index (χ4n) is 5.22. The van der Waals surface area contributed by atoms with Crippen LogP contribution in [0.25, 0.3) is 0 Å². The lowest BCUT2D eigenvalue weighted by Gasteiger charge is -2.28. The molecule has 0 fully saturated rings. The second-order valence-corrected chi connectivity index (χ2v) is 11.1. The Bertz CT molecular complexity index is 1700. The number of rotatable bonds is 12. The average Bonchev–Trinajstić information content (AvgIpc) is 3.07. The van der Waals surface area contributed by atoms with E-state index in [0.29, 0.717) is 22.5 Å². The second-order valence-electron chi connectivity index (χ2n) is 11.1. The number of carbonyl (C=O) groups is 4. The van der Waals surface area contributed by atoms with Crippen LogP contribution in [0.1, 0.15) is 68.9 Å². The molecular formula is C38H34N2O6. The quantitative estimate of drug-likeness (QED) is 0.114. The molecule has 4 aromatic carbocycles. The Hall–Kier alpha value is -5.76. The third kappa shape index (κ3) is 6.81. The summed E-state index contributed by atoms with van der Waals surface area (Å²) in [6, 6.07) is 27.8. The molecule has 0 heterocycles. The molecule has 0 spiro atoms. The molecule has 8 heteroatoms. The van der Waals surface area contributed by atoms with Gasteiger partial charge in [-0.2, -0.15) is 0 Å². The van der Waals surface area contributed by atoms with Gasteiger partial charge in [0.05, 0.1) is 23.2 Å². The van der Waals surface area contributed by atoms with Crippen LogP contribution in [-0.2, 0) is 19.1 Å². The van der Waals surface area contributed by atoms with E-state index in [2.05, 4.69) is 23.8 Å². The van der Waals surface area contributed by atoms with E-state index in [1.54, 1.807) is 50.2 Å². The molecule has 0 saturated heterocycles. The predicted molar refractivity (Wildman–Crippen MR) is 177 cm³/mol. The van der Waals surface area contributed by atoms with E-state index in [4.69, 9.17) is 9.47 Å². The van der Waals surface area contributed by atoms with Crippen molar-refractivity contribution in [1.82, 2.24) is 0 Å². The Kier molecular flexibility index (Phi) is 9.57. The van der Waals surface area contributed by atoms with Gasteiger partial charge in [-0.25, -0.2) is 9.59 Å². The molecule has 0 amide bonds. The van der Waals surface area contributed by atoms with Gasteiger partial charge in [0, 0.05) is 33.6 Å². The maximum absolute atomic E-state index is 14.1. The van der Waals surface area contributed by atoms with Crippen molar-refractivity contribution in [2.24, 2.45) is 0 Å². The number of carbonyl (C=O) groups excluding carboxylic acids is 4. The van der Waals surface area contributed by atoms with Gasteiger partial charge in [-0.05, 0) is 37.1 Å². The van der Waals surface area contributed by atoms with E-state index in [0.717, 1.165) is 11.1 Å². The van der Waals surface area contributed by atoms with Crippen LogP contribution in [0, 0.1) is 0 Å². The van der Waals surface area contributed by atoms with Crippen molar-refractivity contribution < 1.29 is 28.7 Å². The van der Waals surface area contributed by atoms with Crippen molar-refractivity contribution in [3.05, 3.63) is 155 Å². The summed E-state index contributed by atoms with van der Waals surface area (Å²) in [4.78, 5) is 52.9. The Morgan fingerprint density at radius 1 is 0.587 bits per heavy atom. The second kappa shape index (κ2) is 13.9. The highest BCUT2D eigenvalue weighted by Crippen LogP contribution is 2.39. The molecule has 2 N–H and O–H groups in total. The molecule has 0 aliphatic heterocycles. The SMILES string of the molecule is C=C(C)C(=O)OCC(Nc1ccc(NC(COC(=O)C(=C)C)c2ccccc2)c2c1C(=O)c1ccccc1C2=O)c1ccccc1. The number of hydrogen-bond acceptors (Lipinski definition) is 8. The fraction of sp³-hybridized carbons (Fsp3) is 0.158. The summed E-state index contributed by atoms with van der Waals surface area (Å²) in [7, 11) is 0. The van der Waals surface area contributed by atoms with Crippen LogP contribution in [0.3, 0.4) is 0 Å². The van der Waals surface area contributed by atoms with Crippen molar-refractivity contribution in [1.29, 1.82) is 0 Å². The number of hydrogen-bond donors (Lipinski definition) is 2. The highest BCUT2D eigenvalue weighted by molar-refractivity contribution is 6.32. The molecule has 8 nitrogen and oxygen atoms in total. The molecule has 5 rings (SSSR count). The molecule has 1 aliphatic rings. The summed E-state index contributed by atoms with van der Waals surface area (Å²) in [5.41, 5.74) is 3.91. The fourth-order valence-corrected chi connectivity index (χ4v) is 5.22. The molecule has 4 aromatic rings. The first-order valence-corrected chi connectivity index (χ1v) is 14.8. The summed E-state index contributed by atoms with van der Waals surface area (Å²) in [5.74, 6) is -1.73. The maximum atomic E-state index is 14.1. The van der Waals surface area contributed by atoms with Crippen molar-refractivity contribution in [2.75, 3.05) is 23.8 Å². The summed E-state index contributed by atoms with van der Waals surface area (Å²) in [5, 5.41) is 6.76. The van der Waals surface area contributed by atoms with Gasteiger partial charge in [-0.15, -0.1) is 0 Å². The molecule has 46 heavy (non-hydrogen) atoms. The van der Waals surface area contributed by atoms with E-state index >= 15 is 0 Å². The van der Waals surface area contributed by atoms with Crippen molar-refractivity contribution in [3.8, 4) is 0 Å². The van der Waals surface area contributed by atoms with Crippen LogP contribution in [-0.4, -0.2) is 36.7 Å². The van der Waals surface area contributed by atoms with Crippen LogP contribution in [0.15, 0.2) is 121 Å². The number of nitrogens with one attached hydrogen (secondary N) is 2. The number of anilines is 2. The number of fused-ring (bicyclic) bond motifs is 2. The summed E-state index contributed by atoms with van der Waals surface area (Å²) < 4.78 is 11.0. The first kappa shape index (κ1) is 31.7. The molecule has 0 bridgehead atoms. The molecule has 0 radical (unpaired) electrons. The Labute approximate surface area is 267 Å². The maximum Gasteiger partial charge on any atom is 0.333 e. The van der Waals surface area contributed by atoms with E-state index < -0.39 is 24.0 Å². The van der Waals surface area contributed by atoms with E-state index in [9.17, 15) is 19.2 Å². The summed E-state index contributed by atoms with van der Waals surface area (Å²) in [6.45, 7) is 10.4. The minimum atomic E-state index is -0.550. The first-order valence-electron chi connectivity index (χ1n) is 14.8. The molecule has 0 aromatic heterocycles. The van der Waals surface area contributed by atoms with E-state index in [-0.39, 0.29) is 47.1 Å². The minimum Gasteiger partial charge on any atom is -0.460 e. The molecule has 1 aliphatic carbocycles. The van der Waals surface area contributed by atoms with Gasteiger partial charge in [0.1, 0.15) is 13.2 Å². The first-order chi connectivity index (χ1) is 22.2. The number of ether oxygens (including phenoxy) is 2. The number of esters is 2. The van der Waals surface area contributed by atoms with Gasteiger partial charge >= 0.3 is 11.9 Å².